The molecule has 0 radical (unpaired) electrons. The average Bonchev–Trinajstić information content (AvgIpc) is 3.16. The highest BCUT2D eigenvalue weighted by Crippen LogP contribution is 2.65. The number of rotatable bonds is 0. The lowest BCUT2D eigenvalue weighted by molar-refractivity contribution is -0.143. The molecule has 0 aromatic heterocycles. The maximum absolute atomic E-state index is 6.29. The quantitative estimate of drug-likeness (QED) is 0.547. The van der Waals surface area contributed by atoms with Crippen molar-refractivity contribution in [2.24, 2.45) is 40.9 Å². The summed E-state index contributed by atoms with van der Waals surface area (Å²) in [6.07, 6.45) is 16.2. The van der Waals surface area contributed by atoms with Crippen molar-refractivity contribution in [3.05, 3.63) is 0 Å². The Balaban J connectivity index is 1.39. The molecule has 4 aliphatic carbocycles. The summed E-state index contributed by atoms with van der Waals surface area (Å²) in [6.45, 7) is 6.28. The van der Waals surface area contributed by atoms with Gasteiger partial charge in [-0.1, -0.05) is 20.3 Å². The van der Waals surface area contributed by atoms with Crippen molar-refractivity contribution >= 4 is 0 Å². The van der Waals surface area contributed by atoms with Gasteiger partial charge in [0.15, 0.2) is 0 Å². The van der Waals surface area contributed by atoms with Gasteiger partial charge in [-0.15, -0.1) is 0 Å². The molecule has 1 nitrogen and oxygen atoms in total. The molecule has 0 amide bonds. The van der Waals surface area contributed by atoms with Crippen LogP contribution >= 0.6 is 0 Å². The Hall–Kier alpha value is -0.0400. The highest BCUT2D eigenvalue weighted by atomic mass is 16.5. The van der Waals surface area contributed by atoms with Crippen LogP contribution in [0.3, 0.4) is 0 Å². The molecule has 1 aliphatic heterocycles. The summed E-state index contributed by atoms with van der Waals surface area (Å²) in [5.41, 5.74) is 0.965. The van der Waals surface area contributed by atoms with Gasteiger partial charge in [-0.05, 0) is 105 Å². The number of hydrogen-bond acceptors (Lipinski definition) is 1. The second-order valence-electron chi connectivity index (χ2n) is 10.3. The molecule has 0 aromatic rings. The molecule has 8 atom stereocenters. The fourth-order valence-corrected chi connectivity index (χ4v) is 8.37. The van der Waals surface area contributed by atoms with E-state index in [2.05, 4.69) is 13.8 Å². The van der Waals surface area contributed by atoms with E-state index in [1.165, 1.54) is 44.9 Å². The van der Waals surface area contributed by atoms with E-state index in [4.69, 9.17) is 4.74 Å². The molecule has 0 bridgehead atoms. The molecular formula is C22H36O. The van der Waals surface area contributed by atoms with Gasteiger partial charge in [0, 0.05) is 6.61 Å². The lowest BCUT2D eigenvalue weighted by Crippen LogP contribution is -2.54. The Kier molecular flexibility index (Phi) is 3.46. The van der Waals surface area contributed by atoms with E-state index in [1.54, 1.807) is 25.7 Å². The number of ether oxygens (including phenoxy) is 1. The van der Waals surface area contributed by atoms with E-state index in [1.807, 2.05) is 0 Å². The molecule has 0 N–H and O–H groups in total. The normalized spacial score (nSPS) is 58.7. The van der Waals surface area contributed by atoms with Crippen molar-refractivity contribution in [2.45, 2.75) is 90.1 Å². The van der Waals surface area contributed by atoms with Crippen LogP contribution in [0.5, 0.6) is 0 Å². The Labute approximate surface area is 142 Å². The Morgan fingerprint density at radius 2 is 1.65 bits per heavy atom. The van der Waals surface area contributed by atoms with Crippen molar-refractivity contribution in [2.75, 3.05) is 6.61 Å². The highest BCUT2D eigenvalue weighted by molar-refractivity contribution is 5.08. The zero-order valence-electron chi connectivity index (χ0n) is 15.4. The highest BCUT2D eigenvalue weighted by Gasteiger charge is 2.58. The van der Waals surface area contributed by atoms with Gasteiger partial charge in [0.05, 0.1) is 5.60 Å². The Morgan fingerprint density at radius 1 is 0.826 bits per heavy atom. The molecule has 4 saturated carbocycles. The van der Waals surface area contributed by atoms with Crippen molar-refractivity contribution in [1.29, 1.82) is 0 Å². The molecule has 6 unspecified atom stereocenters. The van der Waals surface area contributed by atoms with Gasteiger partial charge in [-0.25, -0.2) is 0 Å². The van der Waals surface area contributed by atoms with Gasteiger partial charge in [-0.3, -0.25) is 0 Å². The minimum Gasteiger partial charge on any atom is -0.375 e. The van der Waals surface area contributed by atoms with E-state index in [-0.39, 0.29) is 0 Å². The molecule has 5 fully saturated rings. The van der Waals surface area contributed by atoms with E-state index in [0.29, 0.717) is 11.0 Å². The first kappa shape index (κ1) is 15.2. The molecule has 130 valence electrons. The predicted octanol–water partition coefficient (Wildman–Crippen LogP) is 5.82. The monoisotopic (exact) mass is 316 g/mol. The van der Waals surface area contributed by atoms with Gasteiger partial charge in [0.1, 0.15) is 0 Å². The SMILES string of the molecule is CC1CCC2C3CCC4CC5(CCCO5)CC[C@]4(C)C3CC[C@@H]12. The van der Waals surface area contributed by atoms with Crippen molar-refractivity contribution < 1.29 is 4.74 Å². The van der Waals surface area contributed by atoms with Crippen LogP contribution < -0.4 is 0 Å². The lowest BCUT2D eigenvalue weighted by Gasteiger charge is -2.60. The van der Waals surface area contributed by atoms with Crippen LogP contribution in [-0.4, -0.2) is 12.2 Å². The molecule has 1 heteroatoms. The summed E-state index contributed by atoms with van der Waals surface area (Å²) < 4.78 is 6.29. The standard InChI is InChI=1S/C22H36O/c1-15-4-6-18-17(15)8-9-20-19(18)7-5-16-14-22(10-3-13-23-22)12-11-21(16,20)2/h15-20H,3-14H2,1-2H3/t15?,16?,17-,18?,19?,20?,21-,22?/m0/s1. The van der Waals surface area contributed by atoms with Gasteiger partial charge in [-0.2, -0.15) is 0 Å². The molecular weight excluding hydrogens is 280 g/mol. The van der Waals surface area contributed by atoms with Crippen LogP contribution in [-0.2, 0) is 4.74 Å². The molecule has 5 rings (SSSR count). The first-order valence-corrected chi connectivity index (χ1v) is 10.8. The fourth-order valence-electron chi connectivity index (χ4n) is 8.37. The molecule has 1 heterocycles. The van der Waals surface area contributed by atoms with Crippen LogP contribution in [0.2, 0.25) is 0 Å². The summed E-state index contributed by atoms with van der Waals surface area (Å²) in [5.74, 6) is 6.30. The average molecular weight is 317 g/mol. The second kappa shape index (κ2) is 5.23. The van der Waals surface area contributed by atoms with E-state index in [0.717, 1.165) is 42.1 Å². The fraction of sp³-hybridized carbons (Fsp3) is 1.00. The Bertz CT molecular complexity index is 465. The summed E-state index contributed by atoms with van der Waals surface area (Å²) in [7, 11) is 0. The molecule has 0 aromatic carbocycles. The maximum Gasteiger partial charge on any atom is 0.0686 e. The number of hydrogen-bond donors (Lipinski definition) is 0. The van der Waals surface area contributed by atoms with Crippen molar-refractivity contribution in [3.63, 3.8) is 0 Å². The lowest BCUT2D eigenvalue weighted by atomic mass is 9.45. The molecule has 1 spiro atoms. The van der Waals surface area contributed by atoms with Gasteiger partial charge in [0.2, 0.25) is 0 Å². The minimum absolute atomic E-state index is 0.316. The predicted molar refractivity (Wildman–Crippen MR) is 94.2 cm³/mol. The summed E-state index contributed by atoms with van der Waals surface area (Å²) in [5, 5.41) is 0. The topological polar surface area (TPSA) is 9.23 Å². The second-order valence-corrected chi connectivity index (χ2v) is 10.3. The van der Waals surface area contributed by atoms with Crippen LogP contribution in [0.15, 0.2) is 0 Å². The third-order valence-corrected chi connectivity index (χ3v) is 9.66. The number of fused-ring (bicyclic) bond motifs is 5. The summed E-state index contributed by atoms with van der Waals surface area (Å²) in [6, 6.07) is 0. The van der Waals surface area contributed by atoms with Crippen molar-refractivity contribution in [3.8, 4) is 0 Å². The zero-order chi connectivity index (χ0) is 15.7. The van der Waals surface area contributed by atoms with Gasteiger partial charge in [0.25, 0.3) is 0 Å². The van der Waals surface area contributed by atoms with Crippen LogP contribution in [0.25, 0.3) is 0 Å². The van der Waals surface area contributed by atoms with E-state index < -0.39 is 0 Å². The van der Waals surface area contributed by atoms with Gasteiger partial charge >= 0.3 is 0 Å². The Morgan fingerprint density at radius 3 is 2.48 bits per heavy atom. The largest absolute Gasteiger partial charge is 0.375 e. The first-order chi connectivity index (χ1) is 11.1. The summed E-state index contributed by atoms with van der Waals surface area (Å²) >= 11 is 0. The smallest absolute Gasteiger partial charge is 0.0686 e. The summed E-state index contributed by atoms with van der Waals surface area (Å²) in [4.78, 5) is 0. The molecule has 23 heavy (non-hydrogen) atoms. The van der Waals surface area contributed by atoms with Crippen LogP contribution in [0, 0.1) is 40.9 Å². The van der Waals surface area contributed by atoms with E-state index >= 15 is 0 Å². The van der Waals surface area contributed by atoms with Crippen molar-refractivity contribution in [1.82, 2.24) is 0 Å². The van der Waals surface area contributed by atoms with E-state index in [9.17, 15) is 0 Å². The maximum atomic E-state index is 6.29. The van der Waals surface area contributed by atoms with Gasteiger partial charge < -0.3 is 4.74 Å². The first-order valence-electron chi connectivity index (χ1n) is 10.8. The third kappa shape index (κ3) is 2.14. The van der Waals surface area contributed by atoms with Crippen LogP contribution in [0.4, 0.5) is 0 Å². The molecule has 1 saturated heterocycles. The minimum atomic E-state index is 0.316. The molecule has 5 aliphatic rings. The zero-order valence-corrected chi connectivity index (χ0v) is 15.4. The third-order valence-electron chi connectivity index (χ3n) is 9.66. The van der Waals surface area contributed by atoms with Crippen LogP contribution in [0.1, 0.15) is 84.5 Å².